The topological polar surface area (TPSA) is 80.0 Å². The second kappa shape index (κ2) is 9.16. The Hall–Kier alpha value is -3.51. The zero-order chi connectivity index (χ0) is 23.7. The minimum absolute atomic E-state index is 0.0599. The molecule has 1 fully saturated rings. The smallest absolute Gasteiger partial charge is 0.300 e. The Morgan fingerprint density at radius 3 is 2.64 bits per heavy atom. The van der Waals surface area contributed by atoms with Crippen LogP contribution in [-0.4, -0.2) is 23.4 Å². The molecule has 0 saturated carbocycles. The molecule has 1 atom stereocenters. The van der Waals surface area contributed by atoms with Crippen LogP contribution in [0.3, 0.4) is 0 Å². The fourth-order valence-corrected chi connectivity index (χ4v) is 3.96. The first-order valence-corrected chi connectivity index (χ1v) is 11.0. The highest BCUT2D eigenvalue weighted by Gasteiger charge is 2.48. The van der Waals surface area contributed by atoms with Crippen LogP contribution in [0.2, 0.25) is 5.02 Å². The second-order valence-electron chi connectivity index (χ2n) is 8.35. The van der Waals surface area contributed by atoms with Gasteiger partial charge in [-0.25, -0.2) is 0 Å². The van der Waals surface area contributed by atoms with Gasteiger partial charge in [0.2, 0.25) is 0 Å². The van der Waals surface area contributed by atoms with Crippen molar-refractivity contribution in [1.29, 1.82) is 0 Å². The Labute approximate surface area is 197 Å². The molecule has 1 amide bonds. The Morgan fingerprint density at radius 1 is 1.15 bits per heavy atom. The van der Waals surface area contributed by atoms with Gasteiger partial charge in [-0.1, -0.05) is 43.6 Å². The summed E-state index contributed by atoms with van der Waals surface area (Å²) < 4.78 is 11.3. The number of carbonyl (C=O) groups is 2. The SMILES string of the molecule is Cc1ccc(Cl)cc1N1C(=O)C(=O)/C(=C(\O)c2cccc(OCC(C)C)c2)C1c1ccco1. The van der Waals surface area contributed by atoms with Crippen molar-refractivity contribution >= 4 is 34.7 Å². The Bertz CT molecular complexity index is 1230. The number of anilines is 1. The lowest BCUT2D eigenvalue weighted by molar-refractivity contribution is -0.132. The molecule has 0 bridgehead atoms. The highest BCUT2D eigenvalue weighted by Crippen LogP contribution is 2.44. The van der Waals surface area contributed by atoms with Crippen molar-refractivity contribution in [2.75, 3.05) is 11.5 Å². The minimum atomic E-state index is -0.947. The van der Waals surface area contributed by atoms with Crippen LogP contribution < -0.4 is 9.64 Å². The van der Waals surface area contributed by atoms with Crippen LogP contribution in [0, 0.1) is 12.8 Å². The van der Waals surface area contributed by atoms with E-state index < -0.39 is 17.7 Å². The van der Waals surface area contributed by atoms with Crippen molar-refractivity contribution in [3.63, 3.8) is 0 Å². The summed E-state index contributed by atoms with van der Waals surface area (Å²) in [6.07, 6.45) is 1.46. The number of ether oxygens (including phenoxy) is 1. The summed E-state index contributed by atoms with van der Waals surface area (Å²) in [5.41, 5.74) is 1.53. The third-order valence-electron chi connectivity index (χ3n) is 5.38. The molecule has 3 aromatic rings. The molecule has 1 aromatic heterocycles. The predicted molar refractivity (Wildman–Crippen MR) is 126 cm³/mol. The minimum Gasteiger partial charge on any atom is -0.507 e. The number of aliphatic hydroxyl groups excluding tert-OH is 1. The fraction of sp³-hybridized carbons (Fsp3) is 0.231. The Morgan fingerprint density at radius 2 is 1.94 bits per heavy atom. The number of amides is 1. The molecule has 170 valence electrons. The lowest BCUT2D eigenvalue weighted by Gasteiger charge is -2.25. The van der Waals surface area contributed by atoms with Crippen LogP contribution in [-0.2, 0) is 9.59 Å². The lowest BCUT2D eigenvalue weighted by Crippen LogP contribution is -2.30. The normalized spacial score (nSPS) is 17.7. The first kappa shape index (κ1) is 22.7. The van der Waals surface area contributed by atoms with Crippen LogP contribution in [0.15, 0.2) is 70.9 Å². The number of hydrogen-bond acceptors (Lipinski definition) is 5. The molecule has 6 nitrogen and oxygen atoms in total. The van der Waals surface area contributed by atoms with Gasteiger partial charge in [0.15, 0.2) is 0 Å². The average molecular weight is 466 g/mol. The molecule has 1 saturated heterocycles. The van der Waals surface area contributed by atoms with Gasteiger partial charge in [-0.3, -0.25) is 14.5 Å². The summed E-state index contributed by atoms with van der Waals surface area (Å²) in [4.78, 5) is 27.7. The number of furan rings is 1. The number of aryl methyl sites for hydroxylation is 1. The van der Waals surface area contributed by atoms with Gasteiger partial charge >= 0.3 is 0 Å². The van der Waals surface area contributed by atoms with E-state index in [1.165, 1.54) is 11.2 Å². The van der Waals surface area contributed by atoms with Gasteiger partial charge in [0.05, 0.1) is 18.4 Å². The van der Waals surface area contributed by atoms with Crippen LogP contribution in [0.1, 0.15) is 36.8 Å². The molecule has 1 aliphatic heterocycles. The van der Waals surface area contributed by atoms with E-state index in [1.807, 2.05) is 20.8 Å². The number of benzene rings is 2. The van der Waals surface area contributed by atoms with Crippen LogP contribution >= 0.6 is 11.6 Å². The van der Waals surface area contributed by atoms with Gasteiger partial charge in [-0.15, -0.1) is 0 Å². The van der Waals surface area contributed by atoms with Crippen molar-refractivity contribution in [3.8, 4) is 5.75 Å². The predicted octanol–water partition coefficient (Wildman–Crippen LogP) is 5.90. The van der Waals surface area contributed by atoms with Gasteiger partial charge in [0, 0.05) is 16.3 Å². The molecular formula is C26H24ClNO5. The number of aliphatic hydroxyl groups is 1. The van der Waals surface area contributed by atoms with E-state index in [0.29, 0.717) is 40.3 Å². The summed E-state index contributed by atoms with van der Waals surface area (Å²) in [7, 11) is 0. The first-order chi connectivity index (χ1) is 15.8. The average Bonchev–Trinajstić information content (AvgIpc) is 3.41. The van der Waals surface area contributed by atoms with Crippen molar-refractivity contribution in [2.45, 2.75) is 26.8 Å². The summed E-state index contributed by atoms with van der Waals surface area (Å²) in [5, 5.41) is 11.6. The number of rotatable bonds is 6. The van der Waals surface area contributed by atoms with Crippen molar-refractivity contribution in [1.82, 2.24) is 0 Å². The standard InChI is InChI=1S/C26H24ClNO5/c1-15(2)14-33-19-7-4-6-17(12-19)24(29)22-23(21-8-5-11-32-21)28(26(31)25(22)30)20-13-18(27)10-9-16(20)3/h4-13,15,23,29H,14H2,1-3H3/b24-22-. The van der Waals surface area contributed by atoms with Crippen molar-refractivity contribution < 1.29 is 23.8 Å². The molecule has 2 heterocycles. The van der Waals surface area contributed by atoms with Gasteiger partial charge in [-0.2, -0.15) is 0 Å². The number of ketones is 1. The number of hydrogen-bond donors (Lipinski definition) is 1. The van der Waals surface area contributed by atoms with E-state index in [1.54, 1.807) is 54.6 Å². The maximum Gasteiger partial charge on any atom is 0.300 e. The molecule has 0 spiro atoms. The van der Waals surface area contributed by atoms with Crippen LogP contribution in [0.25, 0.3) is 5.76 Å². The molecule has 0 radical (unpaired) electrons. The molecular weight excluding hydrogens is 442 g/mol. The van der Waals surface area contributed by atoms with Gasteiger partial charge < -0.3 is 14.3 Å². The molecule has 33 heavy (non-hydrogen) atoms. The number of Topliss-reactive ketones (excluding diaryl/α,β-unsaturated/α-hetero) is 1. The fourth-order valence-electron chi connectivity index (χ4n) is 3.79. The zero-order valence-corrected chi connectivity index (χ0v) is 19.3. The first-order valence-electron chi connectivity index (χ1n) is 10.6. The Kier molecular flexibility index (Phi) is 6.29. The summed E-state index contributed by atoms with van der Waals surface area (Å²) >= 11 is 6.19. The van der Waals surface area contributed by atoms with Crippen LogP contribution in [0.5, 0.6) is 5.75 Å². The number of carbonyl (C=O) groups excluding carboxylic acids is 2. The second-order valence-corrected chi connectivity index (χ2v) is 8.78. The maximum atomic E-state index is 13.2. The Balaban J connectivity index is 1.86. The lowest BCUT2D eigenvalue weighted by atomic mass is 9.99. The maximum absolute atomic E-state index is 13.2. The highest BCUT2D eigenvalue weighted by molar-refractivity contribution is 6.51. The highest BCUT2D eigenvalue weighted by atomic mass is 35.5. The van der Waals surface area contributed by atoms with Gasteiger partial charge in [0.25, 0.3) is 11.7 Å². The van der Waals surface area contributed by atoms with Gasteiger partial charge in [-0.05, 0) is 54.8 Å². The van der Waals surface area contributed by atoms with E-state index in [0.717, 1.165) is 5.56 Å². The molecule has 0 aliphatic carbocycles. The summed E-state index contributed by atoms with van der Waals surface area (Å²) in [6, 6.07) is 14.3. The largest absolute Gasteiger partial charge is 0.507 e. The molecule has 2 aromatic carbocycles. The molecule has 1 N–H and O–H groups in total. The van der Waals surface area contributed by atoms with Crippen molar-refractivity contribution in [3.05, 3.63) is 88.3 Å². The number of halogens is 1. The third-order valence-corrected chi connectivity index (χ3v) is 5.61. The molecule has 1 unspecified atom stereocenters. The molecule has 4 rings (SSSR count). The van der Waals surface area contributed by atoms with E-state index in [2.05, 4.69) is 0 Å². The van der Waals surface area contributed by atoms with E-state index >= 15 is 0 Å². The van der Waals surface area contributed by atoms with E-state index in [9.17, 15) is 14.7 Å². The van der Waals surface area contributed by atoms with E-state index in [4.69, 9.17) is 20.8 Å². The zero-order valence-electron chi connectivity index (χ0n) is 18.5. The van der Waals surface area contributed by atoms with Gasteiger partial charge in [0.1, 0.15) is 23.3 Å². The monoisotopic (exact) mass is 465 g/mol. The quantitative estimate of drug-likeness (QED) is 0.278. The number of nitrogens with zero attached hydrogens (tertiary/aromatic N) is 1. The van der Waals surface area contributed by atoms with E-state index in [-0.39, 0.29) is 11.3 Å². The van der Waals surface area contributed by atoms with Crippen molar-refractivity contribution in [2.24, 2.45) is 5.92 Å². The third kappa shape index (κ3) is 4.39. The van der Waals surface area contributed by atoms with Crippen LogP contribution in [0.4, 0.5) is 5.69 Å². The molecule has 7 heteroatoms. The molecule has 1 aliphatic rings. The summed E-state index contributed by atoms with van der Waals surface area (Å²) in [6.45, 7) is 6.40. The summed E-state index contributed by atoms with van der Waals surface area (Å²) in [5.74, 6) is -0.638.